The zero-order valence-corrected chi connectivity index (χ0v) is 12.2. The molecule has 2 rings (SSSR count). The van der Waals surface area contributed by atoms with Gasteiger partial charge in [0.05, 0.1) is 12.6 Å². The van der Waals surface area contributed by atoms with Gasteiger partial charge in [0.1, 0.15) is 18.6 Å². The molecule has 1 fully saturated rings. The molecule has 0 amide bonds. The van der Waals surface area contributed by atoms with Crippen molar-refractivity contribution >= 4 is 11.8 Å². The Labute approximate surface area is 121 Å². The summed E-state index contributed by atoms with van der Waals surface area (Å²) in [4.78, 5) is 9.95. The molecular formula is C13H19F3N4O. The molecule has 118 valence electrons. The molecule has 0 aromatic carbocycles. The maximum Gasteiger partial charge on any atom is 0.408 e. The Kier molecular flexibility index (Phi) is 4.55. The first-order valence-corrected chi connectivity index (χ1v) is 6.79. The highest BCUT2D eigenvalue weighted by molar-refractivity contribution is 5.44. The number of hydrogen-bond donors (Lipinski definition) is 1. The fourth-order valence-corrected chi connectivity index (χ4v) is 2.10. The van der Waals surface area contributed by atoms with E-state index in [1.165, 1.54) is 6.20 Å². The van der Waals surface area contributed by atoms with Gasteiger partial charge in [0.25, 0.3) is 0 Å². The van der Waals surface area contributed by atoms with Crippen LogP contribution in [0, 0.1) is 5.92 Å². The van der Waals surface area contributed by atoms with E-state index in [-0.39, 0.29) is 12.0 Å². The Morgan fingerprint density at radius 2 is 2.10 bits per heavy atom. The van der Waals surface area contributed by atoms with Crippen LogP contribution >= 0.6 is 0 Å². The molecule has 1 N–H and O–H groups in total. The average Bonchev–Trinajstić information content (AvgIpc) is 2.87. The molecule has 0 spiro atoms. The van der Waals surface area contributed by atoms with E-state index in [1.54, 1.807) is 6.07 Å². The fourth-order valence-electron chi connectivity index (χ4n) is 2.10. The molecule has 0 bridgehead atoms. The monoisotopic (exact) mass is 304 g/mol. The Balaban J connectivity index is 2.14. The molecule has 2 heterocycles. The van der Waals surface area contributed by atoms with Crippen molar-refractivity contribution in [3.05, 3.63) is 12.3 Å². The number of ether oxygens (including phenoxy) is 1. The number of halogens is 3. The van der Waals surface area contributed by atoms with Crippen molar-refractivity contribution in [2.75, 3.05) is 23.6 Å². The third-order valence-electron chi connectivity index (χ3n) is 3.46. The highest BCUT2D eigenvalue weighted by Gasteiger charge is 2.36. The molecule has 0 aliphatic carbocycles. The lowest BCUT2D eigenvalue weighted by atomic mass is 10.1. The summed E-state index contributed by atoms with van der Waals surface area (Å²) in [6, 6.07) is 0.129. The molecule has 0 saturated carbocycles. The lowest BCUT2D eigenvalue weighted by Crippen LogP contribution is -2.36. The fraction of sp³-hybridized carbons (Fsp3) is 0.692. The van der Waals surface area contributed by atoms with Crippen LogP contribution in [0.2, 0.25) is 0 Å². The number of aromatic nitrogens is 2. The van der Waals surface area contributed by atoms with Crippen LogP contribution in [0.4, 0.5) is 24.9 Å². The Bertz CT molecular complexity index is 481. The maximum absolute atomic E-state index is 12.6. The predicted octanol–water partition coefficient (Wildman–Crippen LogP) is 2.66. The van der Waals surface area contributed by atoms with E-state index >= 15 is 0 Å². The van der Waals surface area contributed by atoms with Crippen LogP contribution < -0.4 is 10.2 Å². The number of rotatable bonds is 4. The Hall–Kier alpha value is -1.57. The molecule has 1 aromatic rings. The van der Waals surface area contributed by atoms with Crippen LogP contribution in [-0.2, 0) is 4.74 Å². The normalized spacial score (nSPS) is 20.9. The van der Waals surface area contributed by atoms with E-state index < -0.39 is 12.2 Å². The third kappa shape index (κ3) is 3.75. The number of nitrogens with one attached hydrogen (secondary N) is 1. The predicted molar refractivity (Wildman–Crippen MR) is 73.1 cm³/mol. The van der Waals surface area contributed by atoms with Gasteiger partial charge in [-0.2, -0.15) is 18.2 Å². The molecule has 1 aliphatic heterocycles. The van der Waals surface area contributed by atoms with Gasteiger partial charge in [-0.1, -0.05) is 13.8 Å². The summed E-state index contributed by atoms with van der Waals surface area (Å²) >= 11 is 0. The third-order valence-corrected chi connectivity index (χ3v) is 3.46. The lowest BCUT2D eigenvalue weighted by molar-refractivity contribution is -0.138. The number of hydrogen-bond acceptors (Lipinski definition) is 5. The number of nitrogens with zero attached hydrogens (tertiary/aromatic N) is 3. The SMILES string of the molecule is CC(C)[C@H]1COCN1c1ccnc(N[C@H](C)C(F)(F)F)n1. The maximum atomic E-state index is 12.6. The van der Waals surface area contributed by atoms with Gasteiger partial charge < -0.3 is 15.0 Å². The molecule has 21 heavy (non-hydrogen) atoms. The minimum absolute atomic E-state index is 0.0354. The summed E-state index contributed by atoms with van der Waals surface area (Å²) in [5.41, 5.74) is 0. The van der Waals surface area contributed by atoms with Gasteiger partial charge in [0, 0.05) is 6.20 Å². The first-order chi connectivity index (χ1) is 9.79. The van der Waals surface area contributed by atoms with Gasteiger partial charge in [-0.05, 0) is 18.9 Å². The van der Waals surface area contributed by atoms with Crippen molar-refractivity contribution in [2.45, 2.75) is 39.0 Å². The highest BCUT2D eigenvalue weighted by atomic mass is 19.4. The van der Waals surface area contributed by atoms with E-state index in [2.05, 4.69) is 29.1 Å². The Morgan fingerprint density at radius 1 is 1.38 bits per heavy atom. The topological polar surface area (TPSA) is 50.3 Å². The van der Waals surface area contributed by atoms with Crippen molar-refractivity contribution < 1.29 is 17.9 Å². The minimum Gasteiger partial charge on any atom is -0.359 e. The van der Waals surface area contributed by atoms with Crippen LogP contribution in [0.5, 0.6) is 0 Å². The summed E-state index contributed by atoms with van der Waals surface area (Å²) in [6.07, 6.45) is -2.89. The molecule has 0 unspecified atom stereocenters. The summed E-state index contributed by atoms with van der Waals surface area (Å²) in [5.74, 6) is 0.887. The second kappa shape index (κ2) is 6.05. The Morgan fingerprint density at radius 3 is 2.71 bits per heavy atom. The largest absolute Gasteiger partial charge is 0.408 e. The standard InChI is InChI=1S/C13H19F3N4O/c1-8(2)10-6-21-7-20(10)11-4-5-17-12(19-11)18-9(3)13(14,15)16/h4-5,8-10H,6-7H2,1-3H3,(H,17,18,19)/t9-,10-/m1/s1. The zero-order valence-electron chi connectivity index (χ0n) is 12.2. The zero-order chi connectivity index (χ0) is 15.6. The van der Waals surface area contributed by atoms with Crippen molar-refractivity contribution in [3.63, 3.8) is 0 Å². The first-order valence-electron chi connectivity index (χ1n) is 6.79. The van der Waals surface area contributed by atoms with Crippen LogP contribution in [-0.4, -0.2) is 41.6 Å². The smallest absolute Gasteiger partial charge is 0.359 e. The van der Waals surface area contributed by atoms with Crippen molar-refractivity contribution in [1.29, 1.82) is 0 Å². The quantitative estimate of drug-likeness (QED) is 0.927. The number of anilines is 2. The van der Waals surface area contributed by atoms with Crippen LogP contribution in [0.15, 0.2) is 12.3 Å². The summed E-state index contributed by atoms with van der Waals surface area (Å²) in [6.45, 7) is 6.14. The second-order valence-corrected chi connectivity index (χ2v) is 5.43. The van der Waals surface area contributed by atoms with Gasteiger partial charge in [-0.25, -0.2) is 4.98 Å². The lowest BCUT2D eigenvalue weighted by Gasteiger charge is -2.26. The van der Waals surface area contributed by atoms with E-state index in [1.807, 2.05) is 4.90 Å². The molecule has 2 atom stereocenters. The highest BCUT2D eigenvalue weighted by Crippen LogP contribution is 2.26. The van der Waals surface area contributed by atoms with Gasteiger partial charge >= 0.3 is 6.18 Å². The van der Waals surface area contributed by atoms with Crippen LogP contribution in [0.25, 0.3) is 0 Å². The molecule has 0 radical (unpaired) electrons. The molecular weight excluding hydrogens is 285 g/mol. The van der Waals surface area contributed by atoms with E-state index in [4.69, 9.17) is 4.74 Å². The molecule has 1 aromatic heterocycles. The summed E-state index contributed by atoms with van der Waals surface area (Å²) in [5, 5.41) is 2.28. The number of alkyl halides is 3. The van der Waals surface area contributed by atoms with Gasteiger partial charge in [0.15, 0.2) is 0 Å². The molecule has 5 nitrogen and oxygen atoms in total. The molecule has 1 aliphatic rings. The minimum atomic E-state index is -4.34. The summed E-state index contributed by atoms with van der Waals surface area (Å²) < 4.78 is 43.1. The van der Waals surface area contributed by atoms with E-state index in [9.17, 15) is 13.2 Å². The average molecular weight is 304 g/mol. The van der Waals surface area contributed by atoms with Gasteiger partial charge in [-0.3, -0.25) is 0 Å². The summed E-state index contributed by atoms with van der Waals surface area (Å²) in [7, 11) is 0. The van der Waals surface area contributed by atoms with Crippen LogP contribution in [0.1, 0.15) is 20.8 Å². The second-order valence-electron chi connectivity index (χ2n) is 5.43. The molecule has 1 saturated heterocycles. The van der Waals surface area contributed by atoms with Crippen molar-refractivity contribution in [3.8, 4) is 0 Å². The van der Waals surface area contributed by atoms with Crippen molar-refractivity contribution in [1.82, 2.24) is 9.97 Å². The van der Waals surface area contributed by atoms with Crippen LogP contribution in [0.3, 0.4) is 0 Å². The van der Waals surface area contributed by atoms with Gasteiger partial charge in [-0.15, -0.1) is 0 Å². The van der Waals surface area contributed by atoms with E-state index in [0.29, 0.717) is 25.1 Å². The van der Waals surface area contributed by atoms with E-state index in [0.717, 1.165) is 6.92 Å². The molecule has 8 heteroatoms. The van der Waals surface area contributed by atoms with Gasteiger partial charge in [0.2, 0.25) is 5.95 Å². The first kappa shape index (κ1) is 15.8. The van der Waals surface area contributed by atoms with Crippen molar-refractivity contribution in [2.24, 2.45) is 5.92 Å².